The quantitative estimate of drug-likeness (QED) is 0.301. The lowest BCUT2D eigenvalue weighted by atomic mass is 9.99. The number of carbonyl (C=O) groups excluding carboxylic acids is 5. The molecule has 0 saturated heterocycles. The minimum Gasteiger partial charge on any atom is -0.456 e. The summed E-state index contributed by atoms with van der Waals surface area (Å²) in [5.74, 6) is -1.91. The summed E-state index contributed by atoms with van der Waals surface area (Å²) in [6.45, 7) is 8.16. The van der Waals surface area contributed by atoms with Gasteiger partial charge in [0.1, 0.15) is 28.4 Å². The van der Waals surface area contributed by atoms with E-state index in [9.17, 15) is 24.0 Å². The van der Waals surface area contributed by atoms with E-state index in [0.29, 0.717) is 17.2 Å². The topological polar surface area (TPSA) is 144 Å². The van der Waals surface area contributed by atoms with Gasteiger partial charge in [0.05, 0.1) is 13.0 Å². The van der Waals surface area contributed by atoms with Crippen LogP contribution in [0, 0.1) is 5.92 Å². The van der Waals surface area contributed by atoms with Crippen LogP contribution >= 0.6 is 23.1 Å². The van der Waals surface area contributed by atoms with E-state index in [-0.39, 0.29) is 35.6 Å². The molecule has 0 spiro atoms. The van der Waals surface area contributed by atoms with E-state index in [1.165, 1.54) is 43.9 Å². The number of nitrogens with zero attached hydrogens (tertiary/aromatic N) is 1. The van der Waals surface area contributed by atoms with Crippen molar-refractivity contribution in [1.29, 1.82) is 0 Å². The second kappa shape index (κ2) is 12.8. The van der Waals surface area contributed by atoms with E-state index in [1.54, 1.807) is 31.4 Å². The molecule has 3 amide bonds. The molecule has 0 aliphatic carbocycles. The van der Waals surface area contributed by atoms with Crippen LogP contribution in [-0.2, 0) is 30.5 Å². The smallest absolute Gasteiger partial charge is 0.329 e. The predicted octanol–water partition coefficient (Wildman–Crippen LogP) is 1.95. The van der Waals surface area contributed by atoms with E-state index in [0.717, 1.165) is 0 Å². The molecule has 192 valence electrons. The third kappa shape index (κ3) is 9.10. The third-order valence-electron chi connectivity index (χ3n) is 5.02. The Labute approximate surface area is 213 Å². The Morgan fingerprint density at radius 3 is 2.69 bits per heavy atom. The van der Waals surface area contributed by atoms with Gasteiger partial charge in [-0.25, -0.2) is 9.78 Å². The summed E-state index contributed by atoms with van der Waals surface area (Å²) in [6, 6.07) is -0.996. The first-order valence-corrected chi connectivity index (χ1v) is 13.1. The molecule has 1 aliphatic rings. The van der Waals surface area contributed by atoms with Gasteiger partial charge in [-0.05, 0) is 32.3 Å². The van der Waals surface area contributed by atoms with Crippen molar-refractivity contribution in [3.8, 4) is 0 Å². The molecule has 0 saturated carbocycles. The number of fused-ring (bicyclic) bond motifs is 2. The molecular formula is C23H32N4O6S2. The van der Waals surface area contributed by atoms with Crippen LogP contribution < -0.4 is 16.0 Å². The molecule has 2 heterocycles. The highest BCUT2D eigenvalue weighted by molar-refractivity contribution is 8.13. The molecule has 2 bridgehead atoms. The van der Waals surface area contributed by atoms with Gasteiger partial charge in [0.2, 0.25) is 11.8 Å². The molecule has 2 rings (SSSR count). The fourth-order valence-corrected chi connectivity index (χ4v) is 4.30. The van der Waals surface area contributed by atoms with Crippen molar-refractivity contribution in [2.45, 2.75) is 71.7 Å². The van der Waals surface area contributed by atoms with Gasteiger partial charge in [0.15, 0.2) is 5.12 Å². The van der Waals surface area contributed by atoms with Crippen molar-refractivity contribution in [1.82, 2.24) is 20.9 Å². The average Bonchev–Trinajstić information content (AvgIpc) is 3.23. The van der Waals surface area contributed by atoms with E-state index in [2.05, 4.69) is 20.9 Å². The van der Waals surface area contributed by atoms with E-state index in [4.69, 9.17) is 4.74 Å². The summed E-state index contributed by atoms with van der Waals surface area (Å²) in [5, 5.41) is 10.1. The fourth-order valence-electron chi connectivity index (χ4n) is 3.04. The minimum absolute atomic E-state index is 0.00823. The molecule has 1 aromatic rings. The number of thioether (sulfide) groups is 1. The molecule has 3 N–H and O–H groups in total. The van der Waals surface area contributed by atoms with Crippen molar-refractivity contribution >= 4 is 51.9 Å². The SMILES string of the molecule is CC(=O)SCCC=C[C@@H]1CC(=O)NCc2nc(cs2)C(=O)NC(C)(C)C(=O)N[C@@H](C(C)C)C(=O)O1. The first kappa shape index (κ1) is 28.5. The van der Waals surface area contributed by atoms with Gasteiger partial charge in [0.25, 0.3) is 5.91 Å². The van der Waals surface area contributed by atoms with Gasteiger partial charge < -0.3 is 20.7 Å². The Balaban J connectivity index is 2.29. The molecule has 1 aromatic heterocycles. The van der Waals surface area contributed by atoms with Crippen LogP contribution in [0.5, 0.6) is 0 Å². The second-order valence-electron chi connectivity index (χ2n) is 8.91. The van der Waals surface area contributed by atoms with Gasteiger partial charge in [0, 0.05) is 18.1 Å². The Kier molecular flexibility index (Phi) is 10.4. The van der Waals surface area contributed by atoms with Gasteiger partial charge >= 0.3 is 5.97 Å². The number of thiazole rings is 1. The van der Waals surface area contributed by atoms with Crippen molar-refractivity contribution < 1.29 is 28.7 Å². The first-order chi connectivity index (χ1) is 16.4. The first-order valence-electron chi connectivity index (χ1n) is 11.2. The van der Waals surface area contributed by atoms with Crippen LogP contribution in [0.25, 0.3) is 0 Å². The van der Waals surface area contributed by atoms with E-state index in [1.807, 2.05) is 0 Å². The van der Waals surface area contributed by atoms with E-state index >= 15 is 0 Å². The van der Waals surface area contributed by atoms with E-state index < -0.39 is 35.5 Å². The number of rotatable bonds is 5. The molecule has 0 fully saturated rings. The summed E-state index contributed by atoms with van der Waals surface area (Å²) in [5.41, 5.74) is -1.19. The van der Waals surface area contributed by atoms with Crippen LogP contribution in [0.1, 0.15) is 63.0 Å². The number of esters is 1. The molecule has 0 aromatic carbocycles. The Morgan fingerprint density at radius 1 is 1.31 bits per heavy atom. The molecule has 1 aliphatic heterocycles. The van der Waals surface area contributed by atoms with Crippen LogP contribution in [0.4, 0.5) is 0 Å². The highest BCUT2D eigenvalue weighted by atomic mass is 32.2. The highest BCUT2D eigenvalue weighted by Crippen LogP contribution is 2.15. The zero-order chi connectivity index (χ0) is 26.2. The summed E-state index contributed by atoms with van der Waals surface area (Å²) < 4.78 is 5.61. The average molecular weight is 525 g/mol. The largest absolute Gasteiger partial charge is 0.456 e. The monoisotopic (exact) mass is 524 g/mol. The van der Waals surface area contributed by atoms with Crippen molar-refractivity contribution in [2.75, 3.05) is 5.75 Å². The lowest BCUT2D eigenvalue weighted by molar-refractivity contribution is -0.153. The van der Waals surface area contributed by atoms with Crippen LogP contribution in [0.2, 0.25) is 0 Å². The number of carbonyl (C=O) groups is 5. The standard InChI is InChI=1S/C23H32N4O6S2/c1-13(2)19-21(31)33-15(8-6-7-9-34-14(3)28)10-17(29)24-11-18-25-16(12-35-18)20(30)27-23(4,5)22(32)26-19/h6,8,12-13,15,19H,7,9-11H2,1-5H3,(H,24,29)(H,26,32)(H,27,30)/t15-,19+/m1/s1. The maximum Gasteiger partial charge on any atom is 0.329 e. The molecule has 35 heavy (non-hydrogen) atoms. The summed E-state index contributed by atoms with van der Waals surface area (Å²) in [4.78, 5) is 66.5. The third-order valence-corrected chi connectivity index (χ3v) is 6.71. The van der Waals surface area contributed by atoms with Crippen LogP contribution in [0.15, 0.2) is 17.5 Å². The maximum absolute atomic E-state index is 13.0. The van der Waals surface area contributed by atoms with Crippen LogP contribution in [-0.4, -0.2) is 57.2 Å². The lowest BCUT2D eigenvalue weighted by Gasteiger charge is -2.29. The van der Waals surface area contributed by atoms with Gasteiger partial charge in [-0.1, -0.05) is 31.7 Å². The summed E-state index contributed by atoms with van der Waals surface area (Å²) >= 11 is 2.39. The zero-order valence-corrected chi connectivity index (χ0v) is 22.1. The van der Waals surface area contributed by atoms with Crippen molar-refractivity contribution in [3.05, 3.63) is 28.2 Å². The van der Waals surface area contributed by atoms with Gasteiger partial charge in [-0.15, -0.1) is 11.3 Å². The molecule has 12 heteroatoms. The molecule has 10 nitrogen and oxygen atoms in total. The fraction of sp³-hybridized carbons (Fsp3) is 0.565. The number of allylic oxidation sites excluding steroid dienone is 1. The van der Waals surface area contributed by atoms with Gasteiger partial charge in [-0.2, -0.15) is 0 Å². The Bertz CT molecular complexity index is 988. The summed E-state index contributed by atoms with van der Waals surface area (Å²) in [7, 11) is 0. The summed E-state index contributed by atoms with van der Waals surface area (Å²) in [6.07, 6.45) is 2.93. The maximum atomic E-state index is 13.0. The Hall–Kier alpha value is -2.73. The lowest BCUT2D eigenvalue weighted by Crippen LogP contribution is -2.59. The van der Waals surface area contributed by atoms with Crippen molar-refractivity contribution in [2.24, 2.45) is 5.92 Å². The highest BCUT2D eigenvalue weighted by Gasteiger charge is 2.36. The van der Waals surface area contributed by atoms with Crippen LogP contribution in [0.3, 0.4) is 0 Å². The number of cyclic esters (lactones) is 1. The zero-order valence-electron chi connectivity index (χ0n) is 20.5. The normalized spacial score (nSPS) is 21.9. The Morgan fingerprint density at radius 2 is 2.03 bits per heavy atom. The molecular weight excluding hydrogens is 492 g/mol. The number of aromatic nitrogens is 1. The second-order valence-corrected chi connectivity index (χ2v) is 11.1. The predicted molar refractivity (Wildman–Crippen MR) is 134 cm³/mol. The molecule has 2 atom stereocenters. The van der Waals surface area contributed by atoms with Crippen molar-refractivity contribution in [3.63, 3.8) is 0 Å². The minimum atomic E-state index is -1.33. The number of ether oxygens (including phenoxy) is 1. The number of amides is 3. The number of nitrogens with one attached hydrogen (secondary N) is 3. The number of hydrogen-bond donors (Lipinski definition) is 3. The number of hydrogen-bond acceptors (Lipinski definition) is 9. The van der Waals surface area contributed by atoms with Gasteiger partial charge in [-0.3, -0.25) is 19.2 Å². The molecule has 0 unspecified atom stereocenters. The molecule has 0 radical (unpaired) electrons.